The van der Waals surface area contributed by atoms with E-state index in [1.165, 1.54) is 0 Å². The molecular weight excluding hydrogens is 390 g/mol. The molecule has 1 heterocycles. The molecule has 6 heteroatoms. The van der Waals surface area contributed by atoms with Crippen LogP contribution in [0.3, 0.4) is 0 Å². The first-order valence-electron chi connectivity index (χ1n) is 8.02. The van der Waals surface area contributed by atoms with Crippen LogP contribution in [0.5, 0.6) is 0 Å². The van der Waals surface area contributed by atoms with Gasteiger partial charge in [0.05, 0.1) is 23.5 Å². The van der Waals surface area contributed by atoms with E-state index in [4.69, 9.17) is 5.73 Å². The lowest BCUT2D eigenvalue weighted by molar-refractivity contribution is 0.707. The molecule has 5 nitrogen and oxygen atoms in total. The van der Waals surface area contributed by atoms with Gasteiger partial charge in [0.1, 0.15) is 11.7 Å². The smallest absolute Gasteiger partial charge is 0.144 e. The van der Waals surface area contributed by atoms with Gasteiger partial charge >= 0.3 is 0 Å². The van der Waals surface area contributed by atoms with Crippen molar-refractivity contribution in [3.05, 3.63) is 75.9 Å². The predicted octanol–water partition coefficient (Wildman–Crippen LogP) is 4.32. The fourth-order valence-corrected chi connectivity index (χ4v) is 3.35. The Morgan fingerprint density at radius 2 is 1.65 bits per heavy atom. The number of benzene rings is 2. The molecule has 0 aliphatic carbocycles. The van der Waals surface area contributed by atoms with Gasteiger partial charge in [-0.2, -0.15) is 15.6 Å². The summed E-state index contributed by atoms with van der Waals surface area (Å²) in [5.41, 5.74) is 9.52. The maximum absolute atomic E-state index is 9.53. The van der Waals surface area contributed by atoms with E-state index in [1.807, 2.05) is 61.5 Å². The zero-order chi connectivity index (χ0) is 18.7. The number of nitrogens with zero attached hydrogens (tertiary/aromatic N) is 4. The summed E-state index contributed by atoms with van der Waals surface area (Å²) in [6.07, 6.45) is 0. The number of hydrogen-bond donors (Lipinski definition) is 1. The molecule has 0 amide bonds. The zero-order valence-corrected chi connectivity index (χ0v) is 15.7. The lowest BCUT2D eigenvalue weighted by atomic mass is 9.82. The molecule has 0 saturated heterocycles. The molecule has 0 radical (unpaired) electrons. The number of rotatable bonds is 4. The second-order valence-electron chi connectivity index (χ2n) is 5.90. The number of aromatic nitrogens is 2. The third-order valence-corrected chi connectivity index (χ3v) is 4.82. The van der Waals surface area contributed by atoms with E-state index in [0.29, 0.717) is 17.1 Å². The largest absolute Gasteiger partial charge is 0.383 e. The van der Waals surface area contributed by atoms with E-state index in [2.05, 4.69) is 33.2 Å². The van der Waals surface area contributed by atoms with Gasteiger partial charge in [-0.25, -0.2) is 4.68 Å². The Labute approximate surface area is 160 Å². The van der Waals surface area contributed by atoms with E-state index in [9.17, 15) is 10.5 Å². The Hall–Kier alpha value is -3.09. The first-order chi connectivity index (χ1) is 12.6. The maximum atomic E-state index is 9.53. The van der Waals surface area contributed by atoms with Crippen LogP contribution in [-0.2, 0) is 0 Å². The first-order valence-corrected chi connectivity index (χ1v) is 8.81. The SMILES string of the molecule is Cc1nn(-c2ccccc2)c(N)c1C(c1ccc(Br)cc1)C(C#N)C#N. The third kappa shape index (κ3) is 3.20. The van der Waals surface area contributed by atoms with Crippen molar-refractivity contribution >= 4 is 21.7 Å². The van der Waals surface area contributed by atoms with E-state index in [1.54, 1.807) is 4.68 Å². The van der Waals surface area contributed by atoms with Gasteiger partial charge in [0.25, 0.3) is 0 Å². The molecule has 0 aliphatic rings. The molecule has 0 bridgehead atoms. The minimum atomic E-state index is -0.870. The Morgan fingerprint density at radius 1 is 1.04 bits per heavy atom. The van der Waals surface area contributed by atoms with Crippen LogP contribution >= 0.6 is 15.9 Å². The van der Waals surface area contributed by atoms with E-state index >= 15 is 0 Å². The van der Waals surface area contributed by atoms with Crippen molar-refractivity contribution in [1.29, 1.82) is 10.5 Å². The molecule has 26 heavy (non-hydrogen) atoms. The summed E-state index contributed by atoms with van der Waals surface area (Å²) in [7, 11) is 0. The number of aryl methyl sites for hydroxylation is 1. The van der Waals surface area contributed by atoms with Crippen LogP contribution in [-0.4, -0.2) is 9.78 Å². The van der Waals surface area contributed by atoms with Crippen LogP contribution in [0.2, 0.25) is 0 Å². The normalized spacial score (nSPS) is 11.7. The highest BCUT2D eigenvalue weighted by Gasteiger charge is 2.31. The second kappa shape index (κ2) is 7.43. The van der Waals surface area contributed by atoms with Gasteiger partial charge in [0, 0.05) is 16.0 Å². The Kier molecular flexibility index (Phi) is 5.06. The van der Waals surface area contributed by atoms with Crippen molar-refractivity contribution in [3.8, 4) is 17.8 Å². The monoisotopic (exact) mass is 405 g/mol. The molecule has 0 fully saturated rings. The number of nitrogen functional groups attached to an aromatic ring is 1. The molecule has 0 aliphatic heterocycles. The van der Waals surface area contributed by atoms with Gasteiger partial charge < -0.3 is 5.73 Å². The average molecular weight is 406 g/mol. The number of para-hydroxylation sites is 1. The molecule has 3 aromatic rings. The van der Waals surface area contributed by atoms with Crippen molar-refractivity contribution in [2.75, 3.05) is 5.73 Å². The van der Waals surface area contributed by atoms with Crippen LogP contribution in [0.4, 0.5) is 5.82 Å². The van der Waals surface area contributed by atoms with Crippen LogP contribution in [0.1, 0.15) is 22.7 Å². The van der Waals surface area contributed by atoms with E-state index < -0.39 is 11.8 Å². The van der Waals surface area contributed by atoms with Crippen LogP contribution in [0.25, 0.3) is 5.69 Å². The molecule has 0 saturated carbocycles. The van der Waals surface area contributed by atoms with Crippen LogP contribution < -0.4 is 5.73 Å². The molecule has 1 atom stereocenters. The molecule has 0 spiro atoms. The Balaban J connectivity index is 2.20. The Morgan fingerprint density at radius 3 is 2.23 bits per heavy atom. The molecule has 1 unspecified atom stereocenters. The topological polar surface area (TPSA) is 91.4 Å². The molecule has 1 aromatic heterocycles. The van der Waals surface area contributed by atoms with Gasteiger partial charge in [0.2, 0.25) is 0 Å². The molecule has 3 rings (SSSR count). The fourth-order valence-electron chi connectivity index (χ4n) is 3.08. The van der Waals surface area contributed by atoms with Crippen molar-refractivity contribution in [2.45, 2.75) is 12.8 Å². The summed E-state index contributed by atoms with van der Waals surface area (Å²) in [4.78, 5) is 0. The zero-order valence-electron chi connectivity index (χ0n) is 14.1. The number of anilines is 1. The number of nitrogens with two attached hydrogens (primary N) is 1. The minimum Gasteiger partial charge on any atom is -0.383 e. The van der Waals surface area contributed by atoms with Gasteiger partial charge in [-0.05, 0) is 36.8 Å². The van der Waals surface area contributed by atoms with E-state index in [-0.39, 0.29) is 0 Å². The van der Waals surface area contributed by atoms with Gasteiger partial charge in [-0.1, -0.05) is 46.3 Å². The van der Waals surface area contributed by atoms with Gasteiger partial charge in [-0.3, -0.25) is 0 Å². The quantitative estimate of drug-likeness (QED) is 0.699. The average Bonchev–Trinajstić information content (AvgIpc) is 2.96. The number of nitriles is 2. The van der Waals surface area contributed by atoms with E-state index in [0.717, 1.165) is 15.7 Å². The maximum Gasteiger partial charge on any atom is 0.144 e. The first kappa shape index (κ1) is 17.7. The summed E-state index contributed by atoms with van der Waals surface area (Å²) in [6, 6.07) is 21.3. The Bertz CT molecular complexity index is 980. The molecular formula is C20H16BrN5. The summed E-state index contributed by atoms with van der Waals surface area (Å²) in [6.45, 7) is 1.85. The van der Waals surface area contributed by atoms with Crippen LogP contribution in [0.15, 0.2) is 59.1 Å². The van der Waals surface area contributed by atoms with Crippen molar-refractivity contribution in [2.24, 2.45) is 5.92 Å². The number of halogens is 1. The summed E-state index contributed by atoms with van der Waals surface area (Å²) in [5.74, 6) is -0.904. The fraction of sp³-hybridized carbons (Fsp3) is 0.150. The third-order valence-electron chi connectivity index (χ3n) is 4.30. The highest BCUT2D eigenvalue weighted by Crippen LogP contribution is 2.38. The lowest BCUT2D eigenvalue weighted by Gasteiger charge is -2.19. The van der Waals surface area contributed by atoms with Crippen molar-refractivity contribution in [3.63, 3.8) is 0 Å². The predicted molar refractivity (Wildman–Crippen MR) is 103 cm³/mol. The second-order valence-corrected chi connectivity index (χ2v) is 6.81. The number of hydrogen-bond acceptors (Lipinski definition) is 4. The van der Waals surface area contributed by atoms with Gasteiger partial charge in [-0.15, -0.1) is 0 Å². The van der Waals surface area contributed by atoms with Gasteiger partial charge in [0.15, 0.2) is 0 Å². The summed E-state index contributed by atoms with van der Waals surface area (Å²) >= 11 is 3.41. The van der Waals surface area contributed by atoms with Crippen LogP contribution in [0, 0.1) is 35.5 Å². The lowest BCUT2D eigenvalue weighted by Crippen LogP contribution is -2.14. The minimum absolute atomic E-state index is 0.442. The summed E-state index contributed by atoms with van der Waals surface area (Å²) in [5, 5.41) is 23.6. The van der Waals surface area contributed by atoms with Crippen molar-refractivity contribution in [1.82, 2.24) is 9.78 Å². The highest BCUT2D eigenvalue weighted by molar-refractivity contribution is 9.10. The molecule has 2 aromatic carbocycles. The summed E-state index contributed by atoms with van der Waals surface area (Å²) < 4.78 is 2.58. The molecule has 2 N–H and O–H groups in total. The standard InChI is InChI=1S/C20H16BrN5/c1-13-18(20(24)26(25-13)17-5-3-2-4-6-17)19(15(11-22)12-23)14-7-9-16(21)10-8-14/h2-10,15,19H,24H2,1H3. The highest BCUT2D eigenvalue weighted by atomic mass is 79.9. The van der Waals surface area contributed by atoms with Crippen molar-refractivity contribution < 1.29 is 0 Å². The molecule has 128 valence electrons.